The summed E-state index contributed by atoms with van der Waals surface area (Å²) in [5.41, 5.74) is 1.36. The van der Waals surface area contributed by atoms with Gasteiger partial charge in [0.05, 0.1) is 0 Å². The van der Waals surface area contributed by atoms with Gasteiger partial charge in [0.25, 0.3) is 0 Å². The van der Waals surface area contributed by atoms with E-state index in [0.717, 1.165) is 5.56 Å². The summed E-state index contributed by atoms with van der Waals surface area (Å²) in [6.07, 6.45) is 0. The zero-order valence-electron chi connectivity index (χ0n) is 14.3. The van der Waals surface area contributed by atoms with Crippen molar-refractivity contribution >= 4 is 17.7 Å². The fraction of sp³-hybridized carbons (Fsp3) is 0.167. The highest BCUT2D eigenvalue weighted by Gasteiger charge is 2.26. The number of benzene rings is 2. The van der Waals surface area contributed by atoms with Crippen LogP contribution in [0, 0.1) is 5.82 Å². The average Bonchev–Trinajstić information content (AvgIpc) is 3.00. The van der Waals surface area contributed by atoms with Crippen LogP contribution < -0.4 is 5.84 Å². The topological polar surface area (TPSA) is 77.0 Å². The number of hydrogen-bond donors (Lipinski definition) is 1. The molecular weight excluding hydrogens is 353 g/mol. The van der Waals surface area contributed by atoms with Crippen molar-refractivity contribution < 1.29 is 9.18 Å². The molecule has 0 unspecified atom stereocenters. The summed E-state index contributed by atoms with van der Waals surface area (Å²) < 4.78 is 14.7. The maximum absolute atomic E-state index is 13.5. The molecule has 134 valence electrons. The van der Waals surface area contributed by atoms with Gasteiger partial charge in [-0.25, -0.2) is 9.07 Å². The maximum atomic E-state index is 13.5. The lowest BCUT2D eigenvalue weighted by Gasteiger charge is -2.20. The van der Waals surface area contributed by atoms with Gasteiger partial charge in [0.15, 0.2) is 5.82 Å². The molecule has 3 rings (SSSR count). The van der Waals surface area contributed by atoms with Crippen molar-refractivity contribution in [1.29, 1.82) is 0 Å². The normalized spacial score (nSPS) is 12.0. The minimum atomic E-state index is -0.516. The van der Waals surface area contributed by atoms with Crippen molar-refractivity contribution in [1.82, 2.24) is 19.8 Å². The average molecular weight is 371 g/mol. The molecule has 0 aliphatic heterocycles. The molecule has 1 atom stereocenters. The lowest BCUT2D eigenvalue weighted by molar-refractivity contribution is -0.128. The smallest absolute Gasteiger partial charge is 0.240 e. The van der Waals surface area contributed by atoms with Gasteiger partial charge in [0.1, 0.15) is 11.1 Å². The third kappa shape index (κ3) is 3.70. The highest BCUT2D eigenvalue weighted by Crippen LogP contribution is 2.36. The summed E-state index contributed by atoms with van der Waals surface area (Å²) in [4.78, 5) is 14.2. The Bertz CT molecular complexity index is 913. The van der Waals surface area contributed by atoms with Crippen LogP contribution >= 0.6 is 11.8 Å². The number of aromatic nitrogens is 3. The van der Waals surface area contributed by atoms with Crippen LogP contribution in [0.25, 0.3) is 11.4 Å². The van der Waals surface area contributed by atoms with E-state index in [-0.39, 0.29) is 11.7 Å². The maximum Gasteiger partial charge on any atom is 0.240 e. The Morgan fingerprint density at radius 2 is 1.88 bits per heavy atom. The number of hydrogen-bond acceptors (Lipinski definition) is 5. The van der Waals surface area contributed by atoms with Crippen molar-refractivity contribution in [3.63, 3.8) is 0 Å². The van der Waals surface area contributed by atoms with Crippen molar-refractivity contribution in [3.05, 3.63) is 66.0 Å². The summed E-state index contributed by atoms with van der Waals surface area (Å²) in [7, 11) is 3.40. The summed E-state index contributed by atoms with van der Waals surface area (Å²) in [6, 6.07) is 15.3. The number of carbonyl (C=O) groups excluding carboxylic acids is 1. The summed E-state index contributed by atoms with van der Waals surface area (Å²) in [5, 5.41) is 7.99. The summed E-state index contributed by atoms with van der Waals surface area (Å²) in [5.74, 6) is 5.97. The SMILES string of the molecule is CN(C)C(=O)[C@@H](Sc1nnc(-c2cccc(F)c2)n1N)c1ccccc1. The van der Waals surface area contributed by atoms with Crippen LogP contribution in [0.2, 0.25) is 0 Å². The van der Waals surface area contributed by atoms with Gasteiger partial charge in [-0.15, -0.1) is 10.2 Å². The van der Waals surface area contributed by atoms with E-state index >= 15 is 0 Å². The van der Waals surface area contributed by atoms with E-state index in [9.17, 15) is 9.18 Å². The number of halogens is 1. The minimum absolute atomic E-state index is 0.0866. The van der Waals surface area contributed by atoms with Crippen molar-refractivity contribution in [2.45, 2.75) is 10.4 Å². The van der Waals surface area contributed by atoms with Gasteiger partial charge in [0.2, 0.25) is 11.1 Å². The molecule has 0 radical (unpaired) electrons. The highest BCUT2D eigenvalue weighted by atomic mass is 32.2. The molecule has 1 aromatic heterocycles. The zero-order chi connectivity index (χ0) is 18.7. The molecule has 0 bridgehead atoms. The Balaban J connectivity index is 1.94. The highest BCUT2D eigenvalue weighted by molar-refractivity contribution is 8.00. The summed E-state index contributed by atoms with van der Waals surface area (Å²) >= 11 is 1.20. The van der Waals surface area contributed by atoms with Gasteiger partial charge in [-0.05, 0) is 17.7 Å². The predicted molar refractivity (Wildman–Crippen MR) is 99.3 cm³/mol. The van der Waals surface area contributed by atoms with E-state index in [1.807, 2.05) is 30.3 Å². The van der Waals surface area contributed by atoms with Crippen molar-refractivity contribution in [3.8, 4) is 11.4 Å². The quantitative estimate of drug-likeness (QED) is 0.551. The molecule has 0 saturated heterocycles. The molecule has 0 saturated carbocycles. The second-order valence-electron chi connectivity index (χ2n) is 5.83. The fourth-order valence-electron chi connectivity index (χ4n) is 2.41. The molecule has 8 heteroatoms. The van der Waals surface area contributed by atoms with Crippen LogP contribution in [0.15, 0.2) is 59.8 Å². The van der Waals surface area contributed by atoms with Crippen molar-refractivity contribution in [2.75, 3.05) is 19.9 Å². The Kier molecular flexibility index (Phi) is 5.22. The molecule has 6 nitrogen and oxygen atoms in total. The third-order valence-corrected chi connectivity index (χ3v) is 4.94. The molecule has 0 fully saturated rings. The number of amides is 1. The molecule has 0 aliphatic rings. The standard InChI is InChI=1S/C18H18FN5OS/c1-23(2)17(25)15(12-7-4-3-5-8-12)26-18-22-21-16(24(18)20)13-9-6-10-14(19)11-13/h3-11,15H,20H2,1-2H3/t15-/m0/s1. The molecule has 1 amide bonds. The Labute approximate surface area is 154 Å². The molecule has 2 aromatic carbocycles. The second-order valence-corrected chi connectivity index (χ2v) is 6.90. The van der Waals surface area contributed by atoms with E-state index in [4.69, 9.17) is 5.84 Å². The lowest BCUT2D eigenvalue weighted by atomic mass is 10.1. The van der Waals surface area contributed by atoms with Crippen LogP contribution in [0.5, 0.6) is 0 Å². The van der Waals surface area contributed by atoms with Crippen LogP contribution in [0.1, 0.15) is 10.8 Å². The molecule has 2 N–H and O–H groups in total. The number of rotatable bonds is 5. The van der Waals surface area contributed by atoms with Gasteiger partial charge in [-0.1, -0.05) is 54.2 Å². The number of thioether (sulfide) groups is 1. The third-order valence-electron chi connectivity index (χ3n) is 3.74. The molecular formula is C18H18FN5OS. The van der Waals surface area contributed by atoms with Crippen LogP contribution in [0.3, 0.4) is 0 Å². The van der Waals surface area contributed by atoms with E-state index in [1.54, 1.807) is 26.2 Å². The minimum Gasteiger partial charge on any atom is -0.348 e. The molecule has 0 aliphatic carbocycles. The number of nitrogens with two attached hydrogens (primary N) is 1. The Morgan fingerprint density at radius 3 is 2.54 bits per heavy atom. The van der Waals surface area contributed by atoms with Gasteiger partial charge >= 0.3 is 0 Å². The van der Waals surface area contributed by atoms with Crippen LogP contribution in [-0.4, -0.2) is 39.8 Å². The van der Waals surface area contributed by atoms with Gasteiger partial charge in [0, 0.05) is 19.7 Å². The van der Waals surface area contributed by atoms with E-state index in [1.165, 1.54) is 33.5 Å². The van der Waals surface area contributed by atoms with Crippen LogP contribution in [0.4, 0.5) is 4.39 Å². The van der Waals surface area contributed by atoms with Crippen molar-refractivity contribution in [2.24, 2.45) is 0 Å². The molecule has 3 aromatic rings. The van der Waals surface area contributed by atoms with Gasteiger partial charge in [-0.3, -0.25) is 4.79 Å². The molecule has 1 heterocycles. The van der Waals surface area contributed by atoms with E-state index in [0.29, 0.717) is 16.5 Å². The first-order valence-corrected chi connectivity index (χ1v) is 8.74. The first-order valence-electron chi connectivity index (χ1n) is 7.86. The van der Waals surface area contributed by atoms with Gasteiger partial charge in [-0.2, -0.15) is 0 Å². The van der Waals surface area contributed by atoms with Crippen LogP contribution in [-0.2, 0) is 4.79 Å². The molecule has 0 spiro atoms. The lowest BCUT2D eigenvalue weighted by Crippen LogP contribution is -2.27. The zero-order valence-corrected chi connectivity index (χ0v) is 15.2. The number of likely N-dealkylation sites (N-methyl/N-ethyl adjacent to an activating group) is 1. The van der Waals surface area contributed by atoms with Gasteiger partial charge < -0.3 is 10.7 Å². The monoisotopic (exact) mass is 371 g/mol. The number of nitrogens with zero attached hydrogens (tertiary/aromatic N) is 4. The first kappa shape index (κ1) is 17.9. The number of carbonyl (C=O) groups is 1. The fourth-order valence-corrected chi connectivity index (χ4v) is 3.51. The van der Waals surface area contributed by atoms with E-state index in [2.05, 4.69) is 10.2 Å². The summed E-state index contributed by atoms with van der Waals surface area (Å²) in [6.45, 7) is 0. The Morgan fingerprint density at radius 1 is 1.15 bits per heavy atom. The largest absolute Gasteiger partial charge is 0.348 e. The Hall–Kier alpha value is -2.87. The first-order chi connectivity index (χ1) is 12.5. The predicted octanol–water partition coefficient (Wildman–Crippen LogP) is 2.72. The number of nitrogen functional groups attached to an aromatic ring is 1. The molecule has 26 heavy (non-hydrogen) atoms. The van der Waals surface area contributed by atoms with E-state index < -0.39 is 5.25 Å². The second kappa shape index (κ2) is 7.57.